The van der Waals surface area contributed by atoms with Crippen LogP contribution in [-0.2, 0) is 19.1 Å². The van der Waals surface area contributed by atoms with Crippen LogP contribution in [0, 0.1) is 6.92 Å². The molecule has 0 bridgehead atoms. The van der Waals surface area contributed by atoms with Gasteiger partial charge in [0.15, 0.2) is 5.78 Å². The van der Waals surface area contributed by atoms with E-state index in [1.807, 2.05) is 38.1 Å². The number of benzene rings is 1. The highest BCUT2D eigenvalue weighted by Gasteiger charge is 2.17. The van der Waals surface area contributed by atoms with Crippen molar-refractivity contribution < 1.29 is 23.9 Å². The number of nitrogens with one attached hydrogen (secondary N) is 1. The number of ether oxygens (including phenoxy) is 2. The van der Waals surface area contributed by atoms with Gasteiger partial charge in [0.1, 0.15) is 12.6 Å². The molecule has 7 nitrogen and oxygen atoms in total. The second kappa shape index (κ2) is 14.7. The molecule has 3 N–H and O–H groups in total. The van der Waals surface area contributed by atoms with Crippen LogP contribution in [0.25, 0.3) is 0 Å². The number of carbonyl (C=O) groups is 3. The molecule has 0 aliphatic carbocycles. The fourth-order valence-corrected chi connectivity index (χ4v) is 2.75. The average molecular weight is 407 g/mol. The van der Waals surface area contributed by atoms with Crippen molar-refractivity contribution in [1.82, 2.24) is 5.32 Å². The quantitative estimate of drug-likeness (QED) is 0.324. The third-order valence-corrected chi connectivity index (χ3v) is 4.40. The number of aryl methyl sites for hydroxylation is 1. The van der Waals surface area contributed by atoms with Crippen molar-refractivity contribution in [1.29, 1.82) is 0 Å². The maximum atomic E-state index is 12.1. The van der Waals surface area contributed by atoms with Crippen LogP contribution in [0.15, 0.2) is 24.3 Å². The van der Waals surface area contributed by atoms with Crippen LogP contribution in [-0.4, -0.2) is 50.1 Å². The lowest BCUT2D eigenvalue weighted by Crippen LogP contribution is -2.45. The molecule has 0 spiro atoms. The van der Waals surface area contributed by atoms with Gasteiger partial charge in [-0.2, -0.15) is 0 Å². The minimum Gasteiger partial charge on any atom is -0.379 e. The number of ketones is 1. The van der Waals surface area contributed by atoms with Gasteiger partial charge in [-0.1, -0.05) is 49.6 Å². The van der Waals surface area contributed by atoms with Gasteiger partial charge in [-0.05, 0) is 26.2 Å². The Balaban J connectivity index is 2.20. The van der Waals surface area contributed by atoms with E-state index in [4.69, 9.17) is 15.2 Å². The molecule has 0 aromatic heterocycles. The van der Waals surface area contributed by atoms with E-state index >= 15 is 0 Å². The molecule has 0 heterocycles. The summed E-state index contributed by atoms with van der Waals surface area (Å²) in [6.07, 6.45) is 4.04. The van der Waals surface area contributed by atoms with Crippen LogP contribution in [0.4, 0.5) is 0 Å². The number of rotatable bonds is 16. The summed E-state index contributed by atoms with van der Waals surface area (Å²) in [5.41, 5.74) is 7.22. The van der Waals surface area contributed by atoms with Gasteiger partial charge >= 0.3 is 0 Å². The Bertz CT molecular complexity index is 631. The molecular weight excluding hydrogens is 372 g/mol. The lowest BCUT2D eigenvalue weighted by molar-refractivity contribution is -0.130. The number of unbranched alkanes of at least 4 members (excludes halogenated alkanes) is 2. The summed E-state index contributed by atoms with van der Waals surface area (Å²) in [4.78, 5) is 35.6. The predicted molar refractivity (Wildman–Crippen MR) is 112 cm³/mol. The zero-order chi connectivity index (χ0) is 21.5. The molecule has 0 fully saturated rings. The molecule has 1 atom stereocenters. The Morgan fingerprint density at radius 3 is 2.34 bits per heavy atom. The number of carbonyl (C=O) groups excluding carboxylic acids is 3. The molecule has 1 aromatic carbocycles. The number of amides is 2. The summed E-state index contributed by atoms with van der Waals surface area (Å²) in [5.74, 6) is -0.830. The van der Waals surface area contributed by atoms with Crippen LogP contribution in [0.2, 0.25) is 0 Å². The molecule has 1 rings (SSSR count). The standard InChI is InChI=1S/C22H34N2O5/c1-3-13-28-14-15-29-16-21(26)24-19(22(23)27)7-5-4-6-8-20(25)18-11-9-17(2)10-12-18/h9-12,19H,3-8,13-16H2,1-2H3,(H2,23,27)(H,24,26)/t19-/m0/s1. The minimum absolute atomic E-state index is 0.116. The fraction of sp³-hybridized carbons (Fsp3) is 0.591. The Hall–Kier alpha value is -2.25. The van der Waals surface area contributed by atoms with E-state index in [1.54, 1.807) is 0 Å². The summed E-state index contributed by atoms with van der Waals surface area (Å²) >= 11 is 0. The Labute approximate surface area is 173 Å². The zero-order valence-electron chi connectivity index (χ0n) is 17.6. The molecule has 0 radical (unpaired) electrons. The number of hydrogen-bond acceptors (Lipinski definition) is 5. The van der Waals surface area contributed by atoms with E-state index in [0.717, 1.165) is 30.4 Å². The summed E-state index contributed by atoms with van der Waals surface area (Å²) in [5, 5.41) is 2.60. The molecule has 2 amide bonds. The second-order valence-electron chi connectivity index (χ2n) is 7.08. The first-order valence-electron chi connectivity index (χ1n) is 10.3. The number of Topliss-reactive ketones (excluding diaryl/α,β-unsaturated/α-hetero) is 1. The van der Waals surface area contributed by atoms with E-state index in [2.05, 4.69) is 5.32 Å². The zero-order valence-corrected chi connectivity index (χ0v) is 17.6. The topological polar surface area (TPSA) is 108 Å². The average Bonchev–Trinajstić information content (AvgIpc) is 2.69. The van der Waals surface area contributed by atoms with Crippen molar-refractivity contribution in [2.75, 3.05) is 26.4 Å². The fourth-order valence-electron chi connectivity index (χ4n) is 2.75. The van der Waals surface area contributed by atoms with Gasteiger partial charge < -0.3 is 20.5 Å². The highest BCUT2D eigenvalue weighted by atomic mass is 16.5. The van der Waals surface area contributed by atoms with Gasteiger partial charge in [-0.25, -0.2) is 0 Å². The van der Waals surface area contributed by atoms with Crippen molar-refractivity contribution in [3.63, 3.8) is 0 Å². The van der Waals surface area contributed by atoms with Crippen molar-refractivity contribution >= 4 is 17.6 Å². The van der Waals surface area contributed by atoms with Gasteiger partial charge in [0.2, 0.25) is 11.8 Å². The van der Waals surface area contributed by atoms with Gasteiger partial charge in [0.05, 0.1) is 13.2 Å². The summed E-state index contributed by atoms with van der Waals surface area (Å²) in [7, 11) is 0. The monoisotopic (exact) mass is 406 g/mol. The van der Waals surface area contributed by atoms with E-state index in [-0.39, 0.29) is 18.3 Å². The van der Waals surface area contributed by atoms with E-state index in [1.165, 1.54) is 0 Å². The second-order valence-corrected chi connectivity index (χ2v) is 7.08. The van der Waals surface area contributed by atoms with Crippen LogP contribution in [0.5, 0.6) is 0 Å². The van der Waals surface area contributed by atoms with Crippen LogP contribution >= 0.6 is 0 Å². The van der Waals surface area contributed by atoms with Crippen molar-refractivity contribution in [3.8, 4) is 0 Å². The number of primary amides is 1. The van der Waals surface area contributed by atoms with Crippen molar-refractivity contribution in [2.24, 2.45) is 5.73 Å². The maximum absolute atomic E-state index is 12.1. The molecule has 7 heteroatoms. The molecule has 162 valence electrons. The third kappa shape index (κ3) is 11.4. The predicted octanol–water partition coefficient (Wildman–Crippen LogP) is 2.54. The van der Waals surface area contributed by atoms with Gasteiger partial charge in [-0.15, -0.1) is 0 Å². The summed E-state index contributed by atoms with van der Waals surface area (Å²) in [6.45, 7) is 5.28. The van der Waals surface area contributed by atoms with Crippen molar-refractivity contribution in [2.45, 2.75) is 58.4 Å². The van der Waals surface area contributed by atoms with Crippen LogP contribution in [0.3, 0.4) is 0 Å². The Morgan fingerprint density at radius 1 is 1.00 bits per heavy atom. The van der Waals surface area contributed by atoms with Crippen molar-refractivity contribution in [3.05, 3.63) is 35.4 Å². The lowest BCUT2D eigenvalue weighted by atomic mass is 10.0. The number of hydrogen-bond donors (Lipinski definition) is 2. The van der Waals surface area contributed by atoms with Crippen LogP contribution < -0.4 is 11.1 Å². The van der Waals surface area contributed by atoms with Gasteiger partial charge in [-0.3, -0.25) is 14.4 Å². The molecule has 0 saturated carbocycles. The van der Waals surface area contributed by atoms with Gasteiger partial charge in [0, 0.05) is 18.6 Å². The minimum atomic E-state index is -0.727. The Morgan fingerprint density at radius 2 is 1.69 bits per heavy atom. The molecule has 0 unspecified atom stereocenters. The lowest BCUT2D eigenvalue weighted by Gasteiger charge is -2.15. The van der Waals surface area contributed by atoms with Crippen LogP contribution in [0.1, 0.15) is 61.4 Å². The molecule has 0 aliphatic rings. The maximum Gasteiger partial charge on any atom is 0.246 e. The number of nitrogens with two attached hydrogens (primary N) is 1. The third-order valence-electron chi connectivity index (χ3n) is 4.40. The first kappa shape index (κ1) is 24.8. The smallest absolute Gasteiger partial charge is 0.246 e. The first-order valence-corrected chi connectivity index (χ1v) is 10.3. The first-order chi connectivity index (χ1) is 13.9. The highest BCUT2D eigenvalue weighted by Crippen LogP contribution is 2.11. The summed E-state index contributed by atoms with van der Waals surface area (Å²) in [6, 6.07) is 6.81. The Kier molecular flexibility index (Phi) is 12.6. The highest BCUT2D eigenvalue weighted by molar-refractivity contribution is 5.96. The molecule has 1 aromatic rings. The van der Waals surface area contributed by atoms with E-state index in [9.17, 15) is 14.4 Å². The SMILES string of the molecule is CCCOCCOCC(=O)N[C@@H](CCCCCC(=O)c1ccc(C)cc1)C(N)=O. The van der Waals surface area contributed by atoms with Gasteiger partial charge in [0.25, 0.3) is 0 Å². The normalized spacial score (nSPS) is 11.8. The molecule has 0 saturated heterocycles. The van der Waals surface area contributed by atoms with E-state index < -0.39 is 11.9 Å². The molecule has 0 aliphatic heterocycles. The summed E-state index contributed by atoms with van der Waals surface area (Å²) < 4.78 is 10.5. The molecular formula is C22H34N2O5. The largest absolute Gasteiger partial charge is 0.379 e. The van der Waals surface area contributed by atoms with E-state index in [0.29, 0.717) is 39.1 Å². The molecule has 29 heavy (non-hydrogen) atoms.